The average molecular weight is 479 g/mol. The van der Waals surface area contributed by atoms with Gasteiger partial charge in [0.1, 0.15) is 12.1 Å². The molecule has 0 fully saturated rings. The first-order chi connectivity index (χ1) is 14.1. The van der Waals surface area contributed by atoms with Crippen molar-refractivity contribution in [2.45, 2.75) is 44.2 Å². The summed E-state index contributed by atoms with van der Waals surface area (Å²) in [6.45, 7) is 1.30. The summed E-state index contributed by atoms with van der Waals surface area (Å²) in [5, 5.41) is 25.0. The van der Waals surface area contributed by atoms with Crippen LogP contribution in [0.1, 0.15) is 55.3 Å². The number of carbonyl (C=O) groups is 2. The summed E-state index contributed by atoms with van der Waals surface area (Å²) >= 11 is 0. The number of halogens is 1. The van der Waals surface area contributed by atoms with E-state index in [1.807, 2.05) is 60.7 Å². The van der Waals surface area contributed by atoms with E-state index in [0.717, 1.165) is 43.2 Å². The number of benzene rings is 2. The van der Waals surface area contributed by atoms with Crippen molar-refractivity contribution in [2.24, 2.45) is 0 Å². The Kier molecular flexibility index (Phi) is 12.7. The lowest BCUT2D eigenvalue weighted by Crippen LogP contribution is -2.29. The van der Waals surface area contributed by atoms with Crippen LogP contribution in [0.3, 0.4) is 0 Å². The van der Waals surface area contributed by atoms with Crippen molar-refractivity contribution in [3.05, 3.63) is 71.8 Å². The number of hydrogen-bond acceptors (Lipinski definition) is 4. The Morgan fingerprint density at radius 1 is 0.633 bits per heavy atom. The molecule has 30 heavy (non-hydrogen) atoms. The summed E-state index contributed by atoms with van der Waals surface area (Å²) in [6, 6.07) is 17.0. The smallest absolute Gasteiger partial charge is 0.325 e. The third-order valence-corrected chi connectivity index (χ3v) is 4.81. The zero-order valence-electron chi connectivity index (χ0n) is 17.0. The van der Waals surface area contributed by atoms with Crippen LogP contribution < -0.4 is 10.6 Å². The highest BCUT2D eigenvalue weighted by Crippen LogP contribution is 2.14. The van der Waals surface area contributed by atoms with Gasteiger partial charge in [-0.05, 0) is 37.1 Å². The minimum Gasteiger partial charge on any atom is -0.480 e. The van der Waals surface area contributed by atoms with Crippen molar-refractivity contribution in [3.8, 4) is 0 Å². The van der Waals surface area contributed by atoms with Crippen LogP contribution >= 0.6 is 17.0 Å². The summed E-state index contributed by atoms with van der Waals surface area (Å²) in [7, 11) is 0. The minimum atomic E-state index is -0.867. The summed E-state index contributed by atoms with van der Waals surface area (Å²) in [5.41, 5.74) is 1.52. The van der Waals surface area contributed by atoms with Crippen molar-refractivity contribution in [1.29, 1.82) is 0 Å². The highest BCUT2D eigenvalue weighted by Gasteiger charge is 2.19. The third-order valence-electron chi connectivity index (χ3n) is 4.81. The summed E-state index contributed by atoms with van der Waals surface area (Å²) in [4.78, 5) is 22.9. The second-order valence-electron chi connectivity index (χ2n) is 7.04. The normalized spacial score (nSPS) is 12.5. The molecule has 0 spiro atoms. The predicted octanol–water partition coefficient (Wildman–Crippen LogP) is 4.35. The van der Waals surface area contributed by atoms with Crippen LogP contribution in [0, 0.1) is 0 Å². The first-order valence-electron chi connectivity index (χ1n) is 10.1. The van der Waals surface area contributed by atoms with E-state index in [0.29, 0.717) is 13.1 Å². The first-order valence-corrected chi connectivity index (χ1v) is 10.1. The van der Waals surface area contributed by atoms with Gasteiger partial charge in [0.15, 0.2) is 0 Å². The molecule has 0 bridgehead atoms. The van der Waals surface area contributed by atoms with Gasteiger partial charge in [0, 0.05) is 0 Å². The maximum atomic E-state index is 11.4. The molecule has 0 aliphatic carbocycles. The fourth-order valence-electron chi connectivity index (χ4n) is 3.26. The molecule has 2 aromatic rings. The maximum absolute atomic E-state index is 11.4. The molecule has 0 aromatic heterocycles. The van der Waals surface area contributed by atoms with Gasteiger partial charge < -0.3 is 20.8 Å². The number of rotatable bonds is 14. The van der Waals surface area contributed by atoms with Crippen molar-refractivity contribution in [2.75, 3.05) is 13.1 Å². The van der Waals surface area contributed by atoms with Gasteiger partial charge in [0.25, 0.3) is 0 Å². The molecule has 6 nitrogen and oxygen atoms in total. The number of unbranched alkanes of at least 4 members (excludes halogenated alkanes) is 4. The van der Waals surface area contributed by atoms with Crippen LogP contribution in [0.25, 0.3) is 0 Å². The highest BCUT2D eigenvalue weighted by atomic mass is 79.9. The molecule has 2 atom stereocenters. The lowest BCUT2D eigenvalue weighted by molar-refractivity contribution is -0.140. The molecule has 2 aromatic carbocycles. The van der Waals surface area contributed by atoms with E-state index in [9.17, 15) is 19.8 Å². The number of hydrogen-bond donors (Lipinski definition) is 4. The van der Waals surface area contributed by atoms with Gasteiger partial charge in [0.2, 0.25) is 0 Å². The molecule has 0 amide bonds. The first kappa shape index (κ1) is 25.8. The van der Waals surface area contributed by atoms with Gasteiger partial charge in [-0.1, -0.05) is 79.9 Å². The number of aliphatic carboxylic acids is 2. The minimum absolute atomic E-state index is 0. The van der Waals surface area contributed by atoms with Gasteiger partial charge >= 0.3 is 11.9 Å². The summed E-state index contributed by atoms with van der Waals surface area (Å²) < 4.78 is 0. The van der Waals surface area contributed by atoms with Gasteiger partial charge in [-0.15, -0.1) is 17.0 Å². The van der Waals surface area contributed by atoms with Crippen molar-refractivity contribution >= 4 is 28.9 Å². The zero-order chi connectivity index (χ0) is 20.9. The Bertz CT molecular complexity index is 680. The van der Waals surface area contributed by atoms with Gasteiger partial charge in [-0.2, -0.15) is 0 Å². The number of carboxylic acids is 2. The lowest BCUT2D eigenvalue weighted by Gasteiger charge is -2.15. The van der Waals surface area contributed by atoms with Gasteiger partial charge in [0.05, 0.1) is 0 Å². The topological polar surface area (TPSA) is 98.7 Å². The Hall–Kier alpha value is -2.22. The van der Waals surface area contributed by atoms with E-state index in [4.69, 9.17) is 0 Å². The molecule has 164 valence electrons. The van der Waals surface area contributed by atoms with E-state index in [-0.39, 0.29) is 17.0 Å². The molecule has 0 aliphatic heterocycles. The summed E-state index contributed by atoms with van der Waals surface area (Å²) in [5.74, 6) is -1.73. The molecule has 0 heterocycles. The SMILES string of the molecule is Br.O=C(O)C(NCCCCCCCNC(C(=O)O)c1ccccc1)c1ccccc1. The standard InChI is InChI=1S/C23H30N2O4.BrH/c26-22(27)20(18-12-6-4-7-13-18)24-16-10-2-1-3-11-17-25-21(23(28)29)19-14-8-5-9-15-19;/h4-9,12-15,20-21,24-25H,1-3,10-11,16-17H2,(H,26,27)(H,28,29);1H. The monoisotopic (exact) mass is 478 g/mol. The zero-order valence-corrected chi connectivity index (χ0v) is 18.7. The molecular formula is C23H31BrN2O4. The third kappa shape index (κ3) is 9.07. The van der Waals surface area contributed by atoms with E-state index >= 15 is 0 Å². The van der Waals surface area contributed by atoms with Gasteiger partial charge in [-0.25, -0.2) is 0 Å². The van der Waals surface area contributed by atoms with Crippen molar-refractivity contribution in [1.82, 2.24) is 10.6 Å². The Morgan fingerprint density at radius 2 is 0.967 bits per heavy atom. The highest BCUT2D eigenvalue weighted by molar-refractivity contribution is 8.93. The lowest BCUT2D eigenvalue weighted by atomic mass is 10.1. The fraction of sp³-hybridized carbons (Fsp3) is 0.391. The van der Waals surface area contributed by atoms with E-state index < -0.39 is 24.0 Å². The van der Waals surface area contributed by atoms with Crippen molar-refractivity contribution in [3.63, 3.8) is 0 Å². The van der Waals surface area contributed by atoms with Crippen LogP contribution in [0.15, 0.2) is 60.7 Å². The quantitative estimate of drug-likeness (QED) is 0.301. The molecule has 0 saturated heterocycles. The molecule has 2 unspecified atom stereocenters. The van der Waals surface area contributed by atoms with Gasteiger partial charge in [-0.3, -0.25) is 9.59 Å². The van der Waals surface area contributed by atoms with Crippen LogP contribution in [-0.4, -0.2) is 35.2 Å². The van der Waals surface area contributed by atoms with Crippen LogP contribution in [0.4, 0.5) is 0 Å². The maximum Gasteiger partial charge on any atom is 0.325 e. The molecule has 7 heteroatoms. The van der Waals surface area contributed by atoms with Crippen LogP contribution in [-0.2, 0) is 9.59 Å². The molecule has 0 aliphatic rings. The predicted molar refractivity (Wildman–Crippen MR) is 123 cm³/mol. The summed E-state index contributed by atoms with van der Waals surface area (Å²) in [6.07, 6.45) is 4.87. The number of carboxylic acid groups (broad SMARTS) is 2. The molecule has 4 N–H and O–H groups in total. The average Bonchev–Trinajstić information content (AvgIpc) is 2.73. The van der Waals surface area contributed by atoms with Crippen LogP contribution in [0.5, 0.6) is 0 Å². The molecule has 2 rings (SSSR count). The fourth-order valence-corrected chi connectivity index (χ4v) is 3.26. The second kappa shape index (κ2) is 14.7. The van der Waals surface area contributed by atoms with Crippen molar-refractivity contribution < 1.29 is 19.8 Å². The Balaban J connectivity index is 0.00000450. The molecular weight excluding hydrogens is 448 g/mol. The molecule has 0 radical (unpaired) electrons. The van der Waals surface area contributed by atoms with Crippen LogP contribution in [0.2, 0.25) is 0 Å². The largest absolute Gasteiger partial charge is 0.480 e. The van der Waals surface area contributed by atoms with E-state index in [2.05, 4.69) is 10.6 Å². The second-order valence-corrected chi connectivity index (χ2v) is 7.04. The van der Waals surface area contributed by atoms with E-state index in [1.54, 1.807) is 0 Å². The Morgan fingerprint density at radius 3 is 1.30 bits per heavy atom. The number of nitrogens with one attached hydrogen (secondary N) is 2. The Labute approximate surface area is 188 Å². The molecule has 0 saturated carbocycles. The van der Waals surface area contributed by atoms with E-state index in [1.165, 1.54) is 0 Å².